The number of rotatable bonds is 3. The van der Waals surface area contributed by atoms with Crippen LogP contribution < -0.4 is 5.73 Å². The first-order valence-electron chi connectivity index (χ1n) is 4.30. The maximum Gasteiger partial charge on any atom is 0.0452 e. The van der Waals surface area contributed by atoms with E-state index in [1.54, 1.807) is 19.3 Å². The Hall–Kier alpha value is -1.05. The Morgan fingerprint density at radius 2 is 2.00 bits per heavy atom. The summed E-state index contributed by atoms with van der Waals surface area (Å²) in [6.45, 7) is 11.6. The van der Waals surface area contributed by atoms with E-state index >= 15 is 0 Å². The van der Waals surface area contributed by atoms with Crippen LogP contribution in [-0.4, -0.2) is 6.21 Å². The fraction of sp³-hybridized carbons (Fsp3) is 0.500. The maximum atomic E-state index is 5.34. The van der Waals surface area contributed by atoms with E-state index in [-0.39, 0.29) is 0 Å². The highest BCUT2D eigenvalue weighted by Gasteiger charge is 1.79. The lowest BCUT2D eigenvalue weighted by Crippen LogP contribution is -1.88. The minimum atomic E-state index is 0.708. The topological polar surface area (TPSA) is 38.4 Å². The molecule has 0 amide bonds. The Morgan fingerprint density at radius 1 is 1.50 bits per heavy atom. The molecule has 2 N–H and O–H groups in total. The molecule has 0 aliphatic rings. The van der Waals surface area contributed by atoms with Crippen LogP contribution in [0.25, 0.3) is 0 Å². The van der Waals surface area contributed by atoms with Gasteiger partial charge in [0.15, 0.2) is 0 Å². The van der Waals surface area contributed by atoms with Crippen molar-refractivity contribution in [1.82, 2.24) is 0 Å². The number of hydrogen-bond donors (Lipinski definition) is 1. The highest BCUT2D eigenvalue weighted by atomic mass is 14.7. The second-order valence-corrected chi connectivity index (χ2v) is 2.16. The van der Waals surface area contributed by atoms with Gasteiger partial charge in [0.05, 0.1) is 0 Å². The van der Waals surface area contributed by atoms with Crippen molar-refractivity contribution in [1.29, 1.82) is 0 Å². The van der Waals surface area contributed by atoms with Crippen LogP contribution in [0.5, 0.6) is 0 Å². The minimum absolute atomic E-state index is 0.708. The molecular formula is C10H20N2. The Labute approximate surface area is 75.9 Å². The van der Waals surface area contributed by atoms with Crippen LogP contribution in [0.2, 0.25) is 0 Å². The van der Waals surface area contributed by atoms with E-state index in [9.17, 15) is 0 Å². The lowest BCUT2D eigenvalue weighted by atomic mass is 10.3. The molecule has 0 spiro atoms. The van der Waals surface area contributed by atoms with Gasteiger partial charge in [0, 0.05) is 18.1 Å². The maximum absolute atomic E-state index is 5.34. The lowest BCUT2D eigenvalue weighted by molar-refractivity contribution is 1.18. The predicted octanol–water partition coefficient (Wildman–Crippen LogP) is 2.87. The SMILES string of the molecule is C=C(C=N/C=C(\C)N)CC.CC. The highest BCUT2D eigenvalue weighted by Crippen LogP contribution is 1.91. The average Bonchev–Trinajstić information content (AvgIpc) is 2.07. The second kappa shape index (κ2) is 9.95. The van der Waals surface area contributed by atoms with Gasteiger partial charge in [-0.05, 0) is 18.9 Å². The normalized spacial score (nSPS) is 10.8. The molecule has 0 aromatic rings. The third-order valence-electron chi connectivity index (χ3n) is 0.989. The number of aliphatic imine (C=N–C) groups is 1. The zero-order valence-corrected chi connectivity index (χ0v) is 8.59. The molecule has 0 unspecified atom stereocenters. The molecule has 0 aliphatic carbocycles. The zero-order chi connectivity index (χ0) is 9.98. The van der Waals surface area contributed by atoms with Gasteiger partial charge in [-0.1, -0.05) is 27.4 Å². The van der Waals surface area contributed by atoms with Gasteiger partial charge in [-0.3, -0.25) is 4.99 Å². The van der Waals surface area contributed by atoms with E-state index in [0.717, 1.165) is 12.0 Å². The quantitative estimate of drug-likeness (QED) is 0.646. The van der Waals surface area contributed by atoms with E-state index in [1.807, 2.05) is 20.8 Å². The second-order valence-electron chi connectivity index (χ2n) is 2.16. The molecular weight excluding hydrogens is 148 g/mol. The van der Waals surface area contributed by atoms with E-state index in [0.29, 0.717) is 5.70 Å². The molecule has 0 bridgehead atoms. The third-order valence-corrected chi connectivity index (χ3v) is 0.989. The molecule has 0 aromatic carbocycles. The first-order chi connectivity index (χ1) is 5.66. The summed E-state index contributed by atoms with van der Waals surface area (Å²) in [6.07, 6.45) is 4.26. The number of hydrogen-bond acceptors (Lipinski definition) is 2. The Bertz CT molecular complexity index is 163. The van der Waals surface area contributed by atoms with E-state index in [2.05, 4.69) is 11.6 Å². The van der Waals surface area contributed by atoms with Crippen molar-refractivity contribution >= 4 is 6.21 Å². The summed E-state index contributed by atoms with van der Waals surface area (Å²) in [6, 6.07) is 0. The minimum Gasteiger partial charge on any atom is -0.401 e. The molecule has 0 saturated carbocycles. The molecule has 2 nitrogen and oxygen atoms in total. The summed E-state index contributed by atoms with van der Waals surface area (Å²) in [5.74, 6) is 0. The molecule has 0 aromatic heterocycles. The van der Waals surface area contributed by atoms with Gasteiger partial charge in [0.1, 0.15) is 0 Å². The van der Waals surface area contributed by atoms with E-state index < -0.39 is 0 Å². The van der Waals surface area contributed by atoms with Crippen LogP contribution in [0.4, 0.5) is 0 Å². The molecule has 0 atom stereocenters. The molecule has 0 radical (unpaired) electrons. The summed E-state index contributed by atoms with van der Waals surface area (Å²) >= 11 is 0. The number of allylic oxidation sites excluding steroid dienone is 2. The van der Waals surface area contributed by atoms with Crippen LogP contribution in [0.3, 0.4) is 0 Å². The van der Waals surface area contributed by atoms with Crippen molar-refractivity contribution in [2.45, 2.75) is 34.1 Å². The summed E-state index contributed by atoms with van der Waals surface area (Å²) in [4.78, 5) is 3.93. The fourth-order valence-corrected chi connectivity index (χ4v) is 0.352. The molecule has 0 fully saturated rings. The Morgan fingerprint density at radius 3 is 2.33 bits per heavy atom. The summed E-state index contributed by atoms with van der Waals surface area (Å²) in [7, 11) is 0. The van der Waals surface area contributed by atoms with Crippen molar-refractivity contribution in [2.75, 3.05) is 0 Å². The smallest absolute Gasteiger partial charge is 0.0452 e. The molecule has 2 heteroatoms. The molecule has 0 aliphatic heterocycles. The van der Waals surface area contributed by atoms with Gasteiger partial charge in [-0.15, -0.1) is 0 Å². The van der Waals surface area contributed by atoms with Crippen LogP contribution >= 0.6 is 0 Å². The predicted molar refractivity (Wildman–Crippen MR) is 57.2 cm³/mol. The van der Waals surface area contributed by atoms with Crippen LogP contribution in [0.15, 0.2) is 29.0 Å². The number of nitrogens with two attached hydrogens (primary N) is 1. The van der Waals surface area contributed by atoms with Crippen LogP contribution in [0, 0.1) is 0 Å². The van der Waals surface area contributed by atoms with Gasteiger partial charge in [0.2, 0.25) is 0 Å². The van der Waals surface area contributed by atoms with E-state index in [1.165, 1.54) is 0 Å². The highest BCUT2D eigenvalue weighted by molar-refractivity contribution is 5.77. The first-order valence-corrected chi connectivity index (χ1v) is 4.30. The Kier molecular flexibility index (Phi) is 11.2. The van der Waals surface area contributed by atoms with Crippen LogP contribution in [-0.2, 0) is 0 Å². The molecule has 0 heterocycles. The van der Waals surface area contributed by atoms with E-state index in [4.69, 9.17) is 5.73 Å². The van der Waals surface area contributed by atoms with Gasteiger partial charge in [-0.25, -0.2) is 0 Å². The molecule has 70 valence electrons. The Balaban J connectivity index is 0. The molecule has 0 rings (SSSR count). The van der Waals surface area contributed by atoms with Gasteiger partial charge in [0.25, 0.3) is 0 Å². The van der Waals surface area contributed by atoms with Crippen molar-refractivity contribution in [3.8, 4) is 0 Å². The fourth-order valence-electron chi connectivity index (χ4n) is 0.352. The third kappa shape index (κ3) is 11.7. The average molecular weight is 168 g/mol. The van der Waals surface area contributed by atoms with Crippen molar-refractivity contribution < 1.29 is 0 Å². The van der Waals surface area contributed by atoms with Gasteiger partial charge >= 0.3 is 0 Å². The van der Waals surface area contributed by atoms with Gasteiger partial charge in [-0.2, -0.15) is 0 Å². The van der Waals surface area contributed by atoms with Crippen molar-refractivity contribution in [2.24, 2.45) is 10.7 Å². The van der Waals surface area contributed by atoms with Crippen molar-refractivity contribution in [3.63, 3.8) is 0 Å². The first kappa shape index (κ1) is 13.5. The number of nitrogens with zero attached hydrogens (tertiary/aromatic N) is 1. The lowest BCUT2D eigenvalue weighted by Gasteiger charge is -1.88. The molecule has 0 saturated heterocycles. The zero-order valence-electron chi connectivity index (χ0n) is 8.59. The monoisotopic (exact) mass is 168 g/mol. The largest absolute Gasteiger partial charge is 0.401 e. The van der Waals surface area contributed by atoms with Crippen LogP contribution in [0.1, 0.15) is 34.1 Å². The van der Waals surface area contributed by atoms with Crippen molar-refractivity contribution in [3.05, 3.63) is 24.0 Å². The molecule has 12 heavy (non-hydrogen) atoms. The summed E-state index contributed by atoms with van der Waals surface area (Å²) in [5.41, 5.74) is 7.06. The van der Waals surface area contributed by atoms with Gasteiger partial charge < -0.3 is 5.73 Å². The standard InChI is InChI=1S/C8H14N2.C2H6/c1-4-7(2)5-10-6-8(3)9;1-2/h5-6H,2,4,9H2,1,3H3;1-2H3/b8-6+,10-5?;. The summed E-state index contributed by atoms with van der Waals surface area (Å²) in [5, 5.41) is 0. The summed E-state index contributed by atoms with van der Waals surface area (Å²) < 4.78 is 0.